The molecule has 0 saturated carbocycles. The Morgan fingerprint density at radius 2 is 1.92 bits per heavy atom. The predicted molar refractivity (Wildman–Crippen MR) is 57.8 cm³/mol. The molecule has 1 N–H and O–H groups in total. The second-order valence-corrected chi connectivity index (χ2v) is 1.97. The highest BCUT2D eigenvalue weighted by molar-refractivity contribution is 6.05. The van der Waals surface area contributed by atoms with E-state index in [9.17, 15) is 0 Å². The summed E-state index contributed by atoms with van der Waals surface area (Å²) in [5, 5.41) is 7.36. The summed E-state index contributed by atoms with van der Waals surface area (Å²) in [5.41, 5.74) is 1.35. The summed E-state index contributed by atoms with van der Waals surface area (Å²) in [6.07, 6.45) is 5.92. The molecule has 0 aromatic rings. The summed E-state index contributed by atoms with van der Waals surface area (Å²) in [4.78, 5) is 0. The van der Waals surface area contributed by atoms with Crippen LogP contribution in [0.25, 0.3) is 0 Å². The minimum Gasteiger partial charge on any atom is -0.301 e. The van der Waals surface area contributed by atoms with Gasteiger partial charge < -0.3 is 5.41 Å². The second-order valence-electron chi connectivity index (χ2n) is 1.97. The highest BCUT2D eigenvalue weighted by Gasteiger charge is 1.92. The highest BCUT2D eigenvalue weighted by atomic mass is 14.4. The molecule has 0 rings (SSSR count). The lowest BCUT2D eigenvalue weighted by Gasteiger charge is -1.96. The first-order chi connectivity index (χ1) is 5.72. The SMILES string of the molecule is C=C/C=C\C(=N)C(=C)CC.CC. The zero-order valence-corrected chi connectivity index (χ0v) is 8.35. The molecule has 1 heteroatoms. The van der Waals surface area contributed by atoms with Crippen molar-refractivity contribution < 1.29 is 0 Å². The molecular weight excluding hydrogens is 146 g/mol. The molecule has 0 unspecified atom stereocenters. The topological polar surface area (TPSA) is 23.9 Å². The van der Waals surface area contributed by atoms with Crippen molar-refractivity contribution in [3.8, 4) is 0 Å². The lowest BCUT2D eigenvalue weighted by Crippen LogP contribution is -1.92. The van der Waals surface area contributed by atoms with Gasteiger partial charge in [0.25, 0.3) is 0 Å². The quantitative estimate of drug-likeness (QED) is 0.484. The van der Waals surface area contributed by atoms with E-state index in [2.05, 4.69) is 13.2 Å². The summed E-state index contributed by atoms with van der Waals surface area (Å²) in [6.45, 7) is 13.2. The largest absolute Gasteiger partial charge is 0.301 e. The van der Waals surface area contributed by atoms with Crippen LogP contribution in [0.2, 0.25) is 0 Å². The van der Waals surface area contributed by atoms with Crippen LogP contribution >= 0.6 is 0 Å². The Balaban J connectivity index is 0. The van der Waals surface area contributed by atoms with Gasteiger partial charge in [-0.2, -0.15) is 0 Å². The predicted octanol–water partition coefficient (Wildman–Crippen LogP) is 3.74. The molecule has 0 fully saturated rings. The summed E-state index contributed by atoms with van der Waals surface area (Å²) in [6, 6.07) is 0. The van der Waals surface area contributed by atoms with Crippen molar-refractivity contribution in [3.63, 3.8) is 0 Å². The molecule has 68 valence electrons. The van der Waals surface area contributed by atoms with Crippen molar-refractivity contribution in [2.75, 3.05) is 0 Å². The smallest absolute Gasteiger partial charge is 0.0565 e. The van der Waals surface area contributed by atoms with E-state index < -0.39 is 0 Å². The normalized spacial score (nSPS) is 8.58. The molecule has 0 aromatic heterocycles. The number of hydrogen-bond acceptors (Lipinski definition) is 1. The fourth-order valence-electron chi connectivity index (χ4n) is 0.473. The Kier molecular flexibility index (Phi) is 11.1. The van der Waals surface area contributed by atoms with Crippen LogP contribution < -0.4 is 0 Å². The van der Waals surface area contributed by atoms with Crippen molar-refractivity contribution in [1.82, 2.24) is 0 Å². The van der Waals surface area contributed by atoms with Gasteiger partial charge in [0.1, 0.15) is 0 Å². The molecule has 0 aromatic carbocycles. The zero-order chi connectivity index (χ0) is 9.98. The van der Waals surface area contributed by atoms with Crippen molar-refractivity contribution in [1.29, 1.82) is 5.41 Å². The van der Waals surface area contributed by atoms with E-state index in [4.69, 9.17) is 5.41 Å². The van der Waals surface area contributed by atoms with Gasteiger partial charge in [-0.25, -0.2) is 0 Å². The maximum absolute atomic E-state index is 7.36. The van der Waals surface area contributed by atoms with E-state index in [1.54, 1.807) is 18.2 Å². The van der Waals surface area contributed by atoms with Crippen LogP contribution in [-0.2, 0) is 0 Å². The van der Waals surface area contributed by atoms with Crippen molar-refractivity contribution >= 4 is 5.71 Å². The van der Waals surface area contributed by atoms with Gasteiger partial charge in [0.05, 0.1) is 5.71 Å². The van der Waals surface area contributed by atoms with Gasteiger partial charge in [0.15, 0.2) is 0 Å². The first-order valence-corrected chi connectivity index (χ1v) is 4.28. The van der Waals surface area contributed by atoms with Gasteiger partial charge in [-0.3, -0.25) is 0 Å². The van der Waals surface area contributed by atoms with Crippen LogP contribution in [0, 0.1) is 5.41 Å². The maximum atomic E-state index is 7.36. The van der Waals surface area contributed by atoms with Crippen LogP contribution in [0.4, 0.5) is 0 Å². The van der Waals surface area contributed by atoms with Crippen molar-refractivity contribution in [3.05, 3.63) is 37.0 Å². The average Bonchev–Trinajstić information content (AvgIpc) is 2.16. The van der Waals surface area contributed by atoms with E-state index >= 15 is 0 Å². The molecule has 12 heavy (non-hydrogen) atoms. The first kappa shape index (κ1) is 13.5. The minimum absolute atomic E-state index is 0.488. The Bertz CT molecular complexity index is 175. The third-order valence-corrected chi connectivity index (χ3v) is 1.21. The zero-order valence-electron chi connectivity index (χ0n) is 8.35. The first-order valence-electron chi connectivity index (χ1n) is 4.28. The third kappa shape index (κ3) is 7.00. The Hall–Kier alpha value is -1.11. The molecule has 0 heterocycles. The summed E-state index contributed by atoms with van der Waals surface area (Å²) in [7, 11) is 0. The van der Waals surface area contributed by atoms with Crippen LogP contribution in [0.3, 0.4) is 0 Å². The summed E-state index contributed by atoms with van der Waals surface area (Å²) < 4.78 is 0. The number of rotatable bonds is 4. The minimum atomic E-state index is 0.488. The Morgan fingerprint density at radius 3 is 2.25 bits per heavy atom. The van der Waals surface area contributed by atoms with Crippen molar-refractivity contribution in [2.24, 2.45) is 0 Å². The van der Waals surface area contributed by atoms with Gasteiger partial charge in [0, 0.05) is 0 Å². The molecule has 0 aliphatic rings. The van der Waals surface area contributed by atoms with Crippen molar-refractivity contribution in [2.45, 2.75) is 27.2 Å². The van der Waals surface area contributed by atoms with Crippen LogP contribution in [0.1, 0.15) is 27.2 Å². The molecule has 0 aliphatic carbocycles. The standard InChI is InChI=1S/C9H13N.C2H6/c1-4-6-7-9(10)8(3)5-2;1-2/h4,6-7,10H,1,3,5H2,2H3;1-2H3/b7-6-,10-9?;. The van der Waals surface area contributed by atoms with Crippen LogP contribution in [0.15, 0.2) is 37.0 Å². The molecule has 0 radical (unpaired) electrons. The van der Waals surface area contributed by atoms with Gasteiger partial charge in [0.2, 0.25) is 0 Å². The molecule has 0 bridgehead atoms. The second kappa shape index (κ2) is 9.89. The summed E-state index contributed by atoms with van der Waals surface area (Å²) >= 11 is 0. The van der Waals surface area contributed by atoms with E-state index in [0.717, 1.165) is 12.0 Å². The monoisotopic (exact) mass is 165 g/mol. The average molecular weight is 165 g/mol. The molecule has 0 spiro atoms. The van der Waals surface area contributed by atoms with E-state index in [0.29, 0.717) is 5.71 Å². The van der Waals surface area contributed by atoms with Gasteiger partial charge in [-0.05, 0) is 18.1 Å². The van der Waals surface area contributed by atoms with E-state index in [1.165, 1.54) is 0 Å². The molecule has 0 aliphatic heterocycles. The number of allylic oxidation sites excluding steroid dienone is 4. The molecular formula is C11H19N. The van der Waals surface area contributed by atoms with Gasteiger partial charge in [-0.15, -0.1) is 0 Å². The Morgan fingerprint density at radius 1 is 1.42 bits per heavy atom. The molecule has 0 amide bonds. The number of hydrogen-bond donors (Lipinski definition) is 1. The third-order valence-electron chi connectivity index (χ3n) is 1.21. The van der Waals surface area contributed by atoms with Crippen LogP contribution in [0.5, 0.6) is 0 Å². The summed E-state index contributed by atoms with van der Waals surface area (Å²) in [5.74, 6) is 0. The molecule has 0 saturated heterocycles. The van der Waals surface area contributed by atoms with Gasteiger partial charge >= 0.3 is 0 Å². The molecule has 1 nitrogen and oxygen atoms in total. The maximum Gasteiger partial charge on any atom is 0.0565 e. The van der Waals surface area contributed by atoms with Gasteiger partial charge in [-0.1, -0.05) is 46.1 Å². The fourth-order valence-corrected chi connectivity index (χ4v) is 0.473. The Labute approximate surface area is 76.0 Å². The molecule has 0 atom stereocenters. The fraction of sp³-hybridized carbons (Fsp3) is 0.364. The number of nitrogens with one attached hydrogen (secondary N) is 1. The highest BCUT2D eigenvalue weighted by Crippen LogP contribution is 1.99. The van der Waals surface area contributed by atoms with E-state index in [1.807, 2.05) is 20.8 Å². The lowest BCUT2D eigenvalue weighted by atomic mass is 10.1. The van der Waals surface area contributed by atoms with E-state index in [-0.39, 0.29) is 0 Å². The van der Waals surface area contributed by atoms with Crippen LogP contribution in [-0.4, -0.2) is 5.71 Å². The lowest BCUT2D eigenvalue weighted by molar-refractivity contribution is 1.17.